The molecule has 2 aliphatic rings. The SMILES string of the molecule is CCC(CNC(=O)C1(NC(=O)OCC2c3ccccc3-c3ccccc32)CCCCC1)CC(=O)O. The van der Waals surface area contributed by atoms with Gasteiger partial charge in [-0.3, -0.25) is 9.59 Å². The molecule has 4 rings (SSSR count). The van der Waals surface area contributed by atoms with Gasteiger partial charge in [0.1, 0.15) is 12.1 Å². The Morgan fingerprint density at radius 2 is 1.60 bits per heavy atom. The standard InChI is InChI=1S/C28H34N2O5/c1-2-19(16-25(31)32)17-29-26(33)28(14-8-3-9-15-28)30-27(34)35-18-24-22-12-6-4-10-20(22)21-11-5-7-13-23(21)24/h4-7,10-13,19,24H,2-3,8-9,14-18H2,1H3,(H,29,33)(H,30,34)(H,31,32). The van der Waals surface area contributed by atoms with Crippen molar-refractivity contribution >= 4 is 18.0 Å². The smallest absolute Gasteiger partial charge is 0.408 e. The van der Waals surface area contributed by atoms with Crippen LogP contribution < -0.4 is 10.6 Å². The van der Waals surface area contributed by atoms with Crippen LogP contribution in [0.3, 0.4) is 0 Å². The highest BCUT2D eigenvalue weighted by Gasteiger charge is 2.41. The fourth-order valence-corrected chi connectivity index (χ4v) is 5.41. The van der Waals surface area contributed by atoms with Crippen molar-refractivity contribution in [2.45, 2.75) is 63.3 Å². The Morgan fingerprint density at radius 3 is 2.17 bits per heavy atom. The average Bonchev–Trinajstić information content (AvgIpc) is 3.19. The maximum atomic E-state index is 13.2. The number of hydrogen-bond donors (Lipinski definition) is 3. The number of carboxylic acids is 1. The van der Waals surface area contributed by atoms with E-state index in [0.717, 1.165) is 41.5 Å². The van der Waals surface area contributed by atoms with Crippen molar-refractivity contribution in [2.75, 3.05) is 13.2 Å². The van der Waals surface area contributed by atoms with Gasteiger partial charge < -0.3 is 20.5 Å². The molecule has 7 heteroatoms. The minimum atomic E-state index is -1.03. The van der Waals surface area contributed by atoms with Crippen LogP contribution in [-0.4, -0.2) is 41.8 Å². The average molecular weight is 479 g/mol. The number of benzene rings is 2. The zero-order valence-electron chi connectivity index (χ0n) is 20.2. The van der Waals surface area contributed by atoms with Gasteiger partial charge in [-0.25, -0.2) is 4.79 Å². The second-order valence-electron chi connectivity index (χ2n) is 9.68. The molecular formula is C28H34N2O5. The Kier molecular flexibility index (Phi) is 7.73. The van der Waals surface area contributed by atoms with Gasteiger partial charge in [0.2, 0.25) is 5.91 Å². The summed E-state index contributed by atoms with van der Waals surface area (Å²) < 4.78 is 5.71. The van der Waals surface area contributed by atoms with E-state index in [-0.39, 0.29) is 37.3 Å². The number of rotatable bonds is 9. The Bertz CT molecular complexity index is 1030. The maximum absolute atomic E-state index is 13.2. The van der Waals surface area contributed by atoms with Crippen molar-refractivity contribution in [3.05, 3.63) is 59.7 Å². The van der Waals surface area contributed by atoms with Crippen LogP contribution in [0.2, 0.25) is 0 Å². The molecule has 1 atom stereocenters. The minimum Gasteiger partial charge on any atom is -0.481 e. The van der Waals surface area contributed by atoms with Gasteiger partial charge in [0.15, 0.2) is 0 Å². The third-order valence-corrected chi connectivity index (χ3v) is 7.42. The van der Waals surface area contributed by atoms with Gasteiger partial charge in [0.25, 0.3) is 0 Å². The molecule has 0 aliphatic heterocycles. The molecule has 186 valence electrons. The van der Waals surface area contributed by atoms with Crippen molar-refractivity contribution < 1.29 is 24.2 Å². The first-order valence-corrected chi connectivity index (χ1v) is 12.6. The molecule has 1 saturated carbocycles. The van der Waals surface area contributed by atoms with Crippen molar-refractivity contribution in [1.82, 2.24) is 10.6 Å². The van der Waals surface area contributed by atoms with Gasteiger partial charge in [-0.1, -0.05) is 81.1 Å². The van der Waals surface area contributed by atoms with Gasteiger partial charge in [0.05, 0.1) is 0 Å². The van der Waals surface area contributed by atoms with Gasteiger partial charge in [0, 0.05) is 18.9 Å². The van der Waals surface area contributed by atoms with Crippen molar-refractivity contribution in [3.63, 3.8) is 0 Å². The summed E-state index contributed by atoms with van der Waals surface area (Å²) in [6.45, 7) is 2.37. The summed E-state index contributed by atoms with van der Waals surface area (Å²) >= 11 is 0. The third-order valence-electron chi connectivity index (χ3n) is 7.42. The monoisotopic (exact) mass is 478 g/mol. The van der Waals surface area contributed by atoms with Crippen LogP contribution in [0.5, 0.6) is 0 Å². The van der Waals surface area contributed by atoms with Crippen molar-refractivity contribution in [2.24, 2.45) is 5.92 Å². The Balaban J connectivity index is 1.41. The van der Waals surface area contributed by atoms with Gasteiger partial charge in [-0.15, -0.1) is 0 Å². The normalized spacial score (nSPS) is 17.1. The second kappa shape index (κ2) is 10.9. The van der Waals surface area contributed by atoms with Crippen LogP contribution in [0.4, 0.5) is 4.79 Å². The molecule has 0 radical (unpaired) electrons. The lowest BCUT2D eigenvalue weighted by Crippen LogP contribution is -2.60. The first kappa shape index (κ1) is 24.8. The fraction of sp³-hybridized carbons (Fsp3) is 0.464. The van der Waals surface area contributed by atoms with Gasteiger partial charge >= 0.3 is 12.1 Å². The lowest BCUT2D eigenvalue weighted by atomic mass is 9.81. The summed E-state index contributed by atoms with van der Waals surface area (Å²) in [6, 6.07) is 16.3. The molecule has 2 aliphatic carbocycles. The molecule has 0 aromatic heterocycles. The van der Waals surface area contributed by atoms with Crippen molar-refractivity contribution in [3.8, 4) is 11.1 Å². The van der Waals surface area contributed by atoms with E-state index in [1.807, 2.05) is 31.2 Å². The first-order valence-electron chi connectivity index (χ1n) is 12.6. The number of ether oxygens (including phenoxy) is 1. The molecule has 2 aromatic rings. The molecule has 0 heterocycles. The Hall–Kier alpha value is -3.35. The summed E-state index contributed by atoms with van der Waals surface area (Å²) in [4.78, 5) is 37.2. The lowest BCUT2D eigenvalue weighted by Gasteiger charge is -2.36. The molecule has 2 aromatic carbocycles. The van der Waals surface area contributed by atoms with E-state index in [2.05, 4.69) is 34.9 Å². The summed E-state index contributed by atoms with van der Waals surface area (Å²) in [7, 11) is 0. The molecule has 3 N–H and O–H groups in total. The highest BCUT2D eigenvalue weighted by atomic mass is 16.5. The molecule has 7 nitrogen and oxygen atoms in total. The Labute approximate surface area is 206 Å². The summed E-state index contributed by atoms with van der Waals surface area (Å²) in [6.07, 6.45) is 3.83. The number of nitrogens with one attached hydrogen (secondary N) is 2. The van der Waals surface area contributed by atoms with Gasteiger partial charge in [-0.05, 0) is 41.0 Å². The van der Waals surface area contributed by atoms with Gasteiger partial charge in [-0.2, -0.15) is 0 Å². The minimum absolute atomic E-state index is 0.00356. The van der Waals surface area contributed by atoms with Crippen LogP contribution in [0, 0.1) is 5.92 Å². The molecule has 35 heavy (non-hydrogen) atoms. The van der Waals surface area contributed by atoms with E-state index in [0.29, 0.717) is 19.3 Å². The molecule has 0 saturated heterocycles. The molecule has 1 unspecified atom stereocenters. The maximum Gasteiger partial charge on any atom is 0.408 e. The second-order valence-corrected chi connectivity index (χ2v) is 9.68. The van der Waals surface area contributed by atoms with E-state index >= 15 is 0 Å². The van der Waals surface area contributed by atoms with E-state index in [9.17, 15) is 14.4 Å². The zero-order chi connectivity index (χ0) is 24.8. The summed E-state index contributed by atoms with van der Waals surface area (Å²) in [5, 5.41) is 14.9. The predicted molar refractivity (Wildman–Crippen MR) is 133 cm³/mol. The fourth-order valence-electron chi connectivity index (χ4n) is 5.41. The molecule has 0 bridgehead atoms. The van der Waals surface area contributed by atoms with Crippen LogP contribution in [-0.2, 0) is 14.3 Å². The largest absolute Gasteiger partial charge is 0.481 e. The summed E-state index contributed by atoms with van der Waals surface area (Å²) in [5.74, 6) is -1.33. The van der Waals surface area contributed by atoms with Crippen molar-refractivity contribution in [1.29, 1.82) is 0 Å². The molecule has 0 spiro atoms. The zero-order valence-corrected chi connectivity index (χ0v) is 20.2. The topological polar surface area (TPSA) is 105 Å². The van der Waals surface area contributed by atoms with E-state index < -0.39 is 17.6 Å². The van der Waals surface area contributed by atoms with Crippen LogP contribution in [0.1, 0.15) is 68.9 Å². The molecule has 1 fully saturated rings. The Morgan fingerprint density at radius 1 is 1.00 bits per heavy atom. The number of amides is 2. The highest BCUT2D eigenvalue weighted by molar-refractivity contribution is 5.90. The van der Waals surface area contributed by atoms with Crippen LogP contribution in [0.15, 0.2) is 48.5 Å². The highest BCUT2D eigenvalue weighted by Crippen LogP contribution is 2.44. The van der Waals surface area contributed by atoms with E-state index in [4.69, 9.17) is 9.84 Å². The number of carbonyl (C=O) groups excluding carboxylic acids is 2. The number of alkyl carbamates (subject to hydrolysis) is 1. The third kappa shape index (κ3) is 5.50. The van der Waals surface area contributed by atoms with Crippen LogP contribution >= 0.6 is 0 Å². The lowest BCUT2D eigenvalue weighted by molar-refractivity contribution is -0.138. The number of carboxylic acid groups (broad SMARTS) is 1. The quantitative estimate of drug-likeness (QED) is 0.478. The predicted octanol–water partition coefficient (Wildman–Crippen LogP) is 4.85. The molecule has 2 amide bonds. The number of aliphatic carboxylic acids is 1. The number of carbonyl (C=O) groups is 3. The first-order chi connectivity index (χ1) is 16.9. The van der Waals surface area contributed by atoms with Crippen LogP contribution in [0.25, 0.3) is 11.1 Å². The number of hydrogen-bond acceptors (Lipinski definition) is 4. The number of fused-ring (bicyclic) bond motifs is 3. The van der Waals surface area contributed by atoms with E-state index in [1.54, 1.807) is 0 Å². The summed E-state index contributed by atoms with van der Waals surface area (Å²) in [5.41, 5.74) is 3.56. The van der Waals surface area contributed by atoms with E-state index in [1.165, 1.54) is 0 Å². The molecular weight excluding hydrogens is 444 g/mol.